The number of aliphatic hydroxyl groups is 1. The highest BCUT2D eigenvalue weighted by Gasteiger charge is 2.22. The molecule has 1 aliphatic heterocycles. The molecule has 0 aliphatic carbocycles. The Kier molecular flexibility index (Phi) is 7.02. The smallest absolute Gasteiger partial charge is 0.236 e. The van der Waals surface area contributed by atoms with Gasteiger partial charge in [0.15, 0.2) is 0 Å². The Hall–Kier alpha value is -0.940. The zero-order valence-electron chi connectivity index (χ0n) is 12.1. The van der Waals surface area contributed by atoms with Crippen molar-refractivity contribution in [2.24, 2.45) is 5.92 Å². The van der Waals surface area contributed by atoms with E-state index in [0.29, 0.717) is 18.9 Å². The minimum absolute atomic E-state index is 0.154. The van der Waals surface area contributed by atoms with E-state index in [4.69, 9.17) is 5.11 Å². The van der Waals surface area contributed by atoms with Gasteiger partial charge in [0.25, 0.3) is 0 Å². The molecule has 0 aromatic heterocycles. The first-order chi connectivity index (χ1) is 9.02. The first-order valence-corrected chi connectivity index (χ1v) is 7.09. The second-order valence-electron chi connectivity index (χ2n) is 5.55. The van der Waals surface area contributed by atoms with Gasteiger partial charge in [-0.05, 0) is 45.7 Å². The molecule has 1 heterocycles. The SMILES string of the molecule is CC(=O)CCCN(C)CC(=O)N1CCC(CO)CC1. The highest BCUT2D eigenvalue weighted by Crippen LogP contribution is 2.16. The molecule has 5 nitrogen and oxygen atoms in total. The fourth-order valence-electron chi connectivity index (χ4n) is 2.37. The van der Waals surface area contributed by atoms with Crippen LogP contribution in [-0.4, -0.2) is 66.4 Å². The average molecular weight is 270 g/mol. The third kappa shape index (κ3) is 6.16. The second kappa shape index (κ2) is 8.27. The summed E-state index contributed by atoms with van der Waals surface area (Å²) in [4.78, 5) is 26.8. The molecule has 0 aromatic rings. The largest absolute Gasteiger partial charge is 0.396 e. The number of carbonyl (C=O) groups is 2. The Morgan fingerprint density at radius 3 is 2.47 bits per heavy atom. The lowest BCUT2D eigenvalue weighted by atomic mass is 9.98. The number of carbonyl (C=O) groups excluding carboxylic acids is 2. The molecule has 0 aromatic carbocycles. The van der Waals surface area contributed by atoms with Crippen LogP contribution in [0.5, 0.6) is 0 Å². The summed E-state index contributed by atoms with van der Waals surface area (Å²) >= 11 is 0. The van der Waals surface area contributed by atoms with E-state index in [1.807, 2.05) is 16.8 Å². The molecule has 0 unspecified atom stereocenters. The van der Waals surface area contributed by atoms with Gasteiger partial charge in [0.05, 0.1) is 6.54 Å². The minimum atomic E-state index is 0.154. The van der Waals surface area contributed by atoms with Crippen molar-refractivity contribution in [3.63, 3.8) is 0 Å². The van der Waals surface area contributed by atoms with Crippen LogP contribution < -0.4 is 0 Å². The summed E-state index contributed by atoms with van der Waals surface area (Å²) in [5.74, 6) is 0.713. The molecule has 1 rings (SSSR count). The number of aliphatic hydroxyl groups excluding tert-OH is 1. The Morgan fingerprint density at radius 1 is 1.32 bits per heavy atom. The van der Waals surface area contributed by atoms with Gasteiger partial charge in [-0.15, -0.1) is 0 Å². The molecule has 5 heteroatoms. The van der Waals surface area contributed by atoms with Crippen molar-refractivity contribution in [2.45, 2.75) is 32.6 Å². The Balaban J connectivity index is 2.21. The summed E-state index contributed by atoms with van der Waals surface area (Å²) in [6, 6.07) is 0. The van der Waals surface area contributed by atoms with Gasteiger partial charge >= 0.3 is 0 Å². The minimum Gasteiger partial charge on any atom is -0.396 e. The summed E-state index contributed by atoms with van der Waals surface area (Å²) in [5.41, 5.74) is 0. The van der Waals surface area contributed by atoms with E-state index in [2.05, 4.69) is 0 Å². The fourth-order valence-corrected chi connectivity index (χ4v) is 2.37. The molecule has 0 spiro atoms. The molecule has 0 radical (unpaired) electrons. The van der Waals surface area contributed by atoms with Crippen molar-refractivity contribution in [1.82, 2.24) is 9.80 Å². The number of likely N-dealkylation sites (N-methyl/N-ethyl adjacent to an activating group) is 1. The molecule has 1 fully saturated rings. The van der Waals surface area contributed by atoms with Crippen molar-refractivity contribution in [3.05, 3.63) is 0 Å². The summed E-state index contributed by atoms with van der Waals surface area (Å²) in [6.45, 7) is 4.53. The Labute approximate surface area is 115 Å². The first-order valence-electron chi connectivity index (χ1n) is 7.09. The molecule has 0 bridgehead atoms. The topological polar surface area (TPSA) is 60.9 Å². The molecule has 19 heavy (non-hydrogen) atoms. The van der Waals surface area contributed by atoms with Gasteiger partial charge in [0.1, 0.15) is 5.78 Å². The summed E-state index contributed by atoms with van der Waals surface area (Å²) in [5, 5.41) is 9.06. The van der Waals surface area contributed by atoms with Crippen LogP contribution in [-0.2, 0) is 9.59 Å². The summed E-state index contributed by atoms with van der Waals surface area (Å²) < 4.78 is 0. The summed E-state index contributed by atoms with van der Waals surface area (Å²) in [7, 11) is 1.92. The van der Waals surface area contributed by atoms with E-state index in [9.17, 15) is 9.59 Å². The van der Waals surface area contributed by atoms with Crippen molar-refractivity contribution in [1.29, 1.82) is 0 Å². The van der Waals surface area contributed by atoms with Crippen LogP contribution >= 0.6 is 0 Å². The van der Waals surface area contributed by atoms with Crippen molar-refractivity contribution < 1.29 is 14.7 Å². The third-order valence-electron chi connectivity index (χ3n) is 3.70. The Morgan fingerprint density at radius 2 is 1.95 bits per heavy atom. The predicted molar refractivity (Wildman–Crippen MR) is 73.8 cm³/mol. The zero-order chi connectivity index (χ0) is 14.3. The molecule has 1 N–H and O–H groups in total. The van der Waals surface area contributed by atoms with Crippen LogP contribution in [0, 0.1) is 5.92 Å². The van der Waals surface area contributed by atoms with E-state index >= 15 is 0 Å². The third-order valence-corrected chi connectivity index (χ3v) is 3.70. The zero-order valence-corrected chi connectivity index (χ0v) is 12.1. The lowest BCUT2D eigenvalue weighted by Gasteiger charge is -2.32. The quantitative estimate of drug-likeness (QED) is 0.732. The number of Topliss-reactive ketones (excluding diaryl/α,β-unsaturated/α-hetero) is 1. The second-order valence-corrected chi connectivity index (χ2v) is 5.55. The number of hydrogen-bond donors (Lipinski definition) is 1. The monoisotopic (exact) mass is 270 g/mol. The van der Waals surface area contributed by atoms with E-state index in [0.717, 1.165) is 38.9 Å². The van der Waals surface area contributed by atoms with Crippen LogP contribution in [0.25, 0.3) is 0 Å². The number of nitrogens with zero attached hydrogens (tertiary/aromatic N) is 2. The van der Waals surface area contributed by atoms with Gasteiger partial charge in [-0.3, -0.25) is 9.69 Å². The van der Waals surface area contributed by atoms with Crippen LogP contribution in [0.3, 0.4) is 0 Å². The van der Waals surface area contributed by atoms with Crippen LogP contribution in [0.2, 0.25) is 0 Å². The van der Waals surface area contributed by atoms with Crippen LogP contribution in [0.1, 0.15) is 32.6 Å². The van der Waals surface area contributed by atoms with Gasteiger partial charge in [-0.1, -0.05) is 0 Å². The molecule has 1 amide bonds. The number of piperidine rings is 1. The van der Waals surface area contributed by atoms with Gasteiger partial charge < -0.3 is 14.8 Å². The number of amides is 1. The Bertz CT molecular complexity index is 299. The first kappa shape index (κ1) is 16.1. The molecule has 0 saturated carbocycles. The lowest BCUT2D eigenvalue weighted by molar-refractivity contribution is -0.133. The number of hydrogen-bond acceptors (Lipinski definition) is 4. The van der Waals surface area contributed by atoms with Crippen molar-refractivity contribution >= 4 is 11.7 Å². The number of ketones is 1. The number of rotatable bonds is 7. The lowest BCUT2D eigenvalue weighted by Crippen LogP contribution is -2.44. The highest BCUT2D eigenvalue weighted by molar-refractivity contribution is 5.78. The molecule has 1 saturated heterocycles. The van der Waals surface area contributed by atoms with E-state index in [-0.39, 0.29) is 18.3 Å². The van der Waals surface area contributed by atoms with Gasteiger partial charge in [0.2, 0.25) is 5.91 Å². The molecule has 0 atom stereocenters. The van der Waals surface area contributed by atoms with Gasteiger partial charge in [-0.25, -0.2) is 0 Å². The maximum atomic E-state index is 12.1. The maximum Gasteiger partial charge on any atom is 0.236 e. The van der Waals surface area contributed by atoms with E-state index < -0.39 is 0 Å². The fraction of sp³-hybridized carbons (Fsp3) is 0.857. The predicted octanol–water partition coefficient (Wildman–Crippen LogP) is 0.518. The van der Waals surface area contributed by atoms with Gasteiger partial charge in [-0.2, -0.15) is 0 Å². The highest BCUT2D eigenvalue weighted by atomic mass is 16.3. The average Bonchev–Trinajstić information content (AvgIpc) is 2.38. The molecule has 1 aliphatic rings. The number of likely N-dealkylation sites (tertiary alicyclic amines) is 1. The molecular formula is C14H26N2O3. The molecular weight excluding hydrogens is 244 g/mol. The van der Waals surface area contributed by atoms with E-state index in [1.165, 1.54) is 0 Å². The van der Waals surface area contributed by atoms with Crippen LogP contribution in [0.15, 0.2) is 0 Å². The maximum absolute atomic E-state index is 12.1. The standard InChI is InChI=1S/C14H26N2O3/c1-12(18)4-3-7-15(2)10-14(19)16-8-5-13(11-17)6-9-16/h13,17H,3-11H2,1-2H3. The van der Waals surface area contributed by atoms with Crippen LogP contribution in [0.4, 0.5) is 0 Å². The van der Waals surface area contributed by atoms with Crippen molar-refractivity contribution in [2.75, 3.05) is 39.8 Å². The van der Waals surface area contributed by atoms with E-state index in [1.54, 1.807) is 6.92 Å². The molecule has 110 valence electrons. The van der Waals surface area contributed by atoms with Gasteiger partial charge in [0, 0.05) is 26.1 Å². The normalized spacial score (nSPS) is 16.9. The summed E-state index contributed by atoms with van der Waals surface area (Å²) in [6.07, 6.45) is 3.19. The van der Waals surface area contributed by atoms with Crippen molar-refractivity contribution in [3.8, 4) is 0 Å².